The van der Waals surface area contributed by atoms with E-state index in [0.29, 0.717) is 12.0 Å². The molecule has 5 rings (SSSR count). The third-order valence-electron chi connectivity index (χ3n) is 5.49. The molecule has 1 N–H and O–H groups in total. The zero-order chi connectivity index (χ0) is 19.3. The average Bonchev–Trinajstić information content (AvgIpc) is 3.07. The second kappa shape index (κ2) is 6.60. The fourth-order valence-corrected chi connectivity index (χ4v) is 3.97. The summed E-state index contributed by atoms with van der Waals surface area (Å²) in [4.78, 5) is 9.40. The van der Waals surface area contributed by atoms with Crippen LogP contribution >= 0.6 is 0 Å². The minimum atomic E-state index is -0.302. The van der Waals surface area contributed by atoms with Crippen molar-refractivity contribution in [3.8, 4) is 22.6 Å². The van der Waals surface area contributed by atoms with E-state index in [1.54, 1.807) is 10.9 Å². The average molecular weight is 376 g/mol. The number of aliphatic hydroxyl groups is 1. The van der Waals surface area contributed by atoms with Gasteiger partial charge >= 0.3 is 0 Å². The monoisotopic (exact) mass is 376 g/mol. The number of hydrogen-bond donors (Lipinski definition) is 1. The van der Waals surface area contributed by atoms with E-state index in [9.17, 15) is 5.11 Å². The lowest BCUT2D eigenvalue weighted by Gasteiger charge is -2.20. The van der Waals surface area contributed by atoms with Crippen LogP contribution in [0, 0.1) is 5.92 Å². The molecule has 28 heavy (non-hydrogen) atoms. The van der Waals surface area contributed by atoms with E-state index in [1.165, 1.54) is 12.8 Å². The van der Waals surface area contributed by atoms with Crippen molar-refractivity contribution in [2.24, 2.45) is 13.0 Å². The predicted octanol–water partition coefficient (Wildman–Crippen LogP) is 3.32. The molecule has 1 saturated carbocycles. The lowest BCUT2D eigenvalue weighted by atomic mass is 10.1. The predicted molar refractivity (Wildman–Crippen MR) is 107 cm³/mol. The van der Waals surface area contributed by atoms with Gasteiger partial charge in [0.15, 0.2) is 0 Å². The number of hydrogen-bond acceptors (Lipinski definition) is 4. The van der Waals surface area contributed by atoms with Gasteiger partial charge in [-0.3, -0.25) is 9.08 Å². The molecule has 1 aliphatic rings. The highest BCUT2D eigenvalue weighted by Crippen LogP contribution is 2.42. The lowest BCUT2D eigenvalue weighted by Crippen LogP contribution is -2.15. The third-order valence-corrected chi connectivity index (χ3v) is 5.49. The Hall–Kier alpha value is -2.93. The minimum absolute atomic E-state index is 0.302. The number of aliphatic hydroxyl groups excluding tert-OH is 1. The fourth-order valence-electron chi connectivity index (χ4n) is 3.97. The van der Waals surface area contributed by atoms with Crippen molar-refractivity contribution in [3.05, 3.63) is 49.3 Å². The molecule has 0 bridgehead atoms. The van der Waals surface area contributed by atoms with Crippen molar-refractivity contribution < 1.29 is 5.11 Å². The van der Waals surface area contributed by atoms with E-state index >= 15 is 0 Å². The molecule has 1 fully saturated rings. The van der Waals surface area contributed by atoms with Crippen LogP contribution in [0.15, 0.2) is 49.3 Å². The maximum Gasteiger partial charge on any atom is 0.147 e. The summed E-state index contributed by atoms with van der Waals surface area (Å²) in [5.74, 6) is 1.52. The number of nitrogens with zero attached hydrogens (tertiary/aromatic N) is 6. The SMILES string of the molecule is C[C@H](O)C[C@@H](C1CC1)n1ccc(-c2nc(-c3cnn(C)c3)cc3nccn23)c1. The van der Waals surface area contributed by atoms with Crippen molar-refractivity contribution >= 4 is 5.65 Å². The summed E-state index contributed by atoms with van der Waals surface area (Å²) in [7, 11) is 1.90. The van der Waals surface area contributed by atoms with Crippen molar-refractivity contribution in [2.75, 3.05) is 0 Å². The van der Waals surface area contributed by atoms with Gasteiger partial charge < -0.3 is 9.67 Å². The third kappa shape index (κ3) is 3.11. The van der Waals surface area contributed by atoms with Gasteiger partial charge in [0.25, 0.3) is 0 Å². The molecule has 0 radical (unpaired) electrons. The summed E-state index contributed by atoms with van der Waals surface area (Å²) in [6, 6.07) is 4.43. The molecule has 0 aromatic carbocycles. The van der Waals surface area contributed by atoms with Gasteiger partial charge in [-0.05, 0) is 38.2 Å². The first-order chi connectivity index (χ1) is 13.6. The summed E-state index contributed by atoms with van der Waals surface area (Å²) >= 11 is 0. The fraction of sp³-hybridized carbons (Fsp3) is 0.381. The molecular formula is C21H24N6O. The standard InChI is InChI=1S/C21H24N6O/c1-14(28)9-19(15-3-4-15)26-7-5-16(13-26)21-24-18(17-11-23-25(2)12-17)10-20-22-6-8-27(20)21/h5-8,10-15,19,28H,3-4,9H2,1-2H3/t14-,19-/m0/s1. The molecule has 4 heterocycles. The quantitative estimate of drug-likeness (QED) is 0.560. The van der Waals surface area contributed by atoms with Crippen LogP contribution in [0.2, 0.25) is 0 Å². The van der Waals surface area contributed by atoms with E-state index in [4.69, 9.17) is 4.98 Å². The number of fused-ring (bicyclic) bond motifs is 1. The summed E-state index contributed by atoms with van der Waals surface area (Å²) in [5.41, 5.74) is 3.74. The highest BCUT2D eigenvalue weighted by Gasteiger charge is 2.33. The zero-order valence-electron chi connectivity index (χ0n) is 16.1. The Balaban J connectivity index is 1.57. The molecule has 0 spiro atoms. The second-order valence-electron chi connectivity index (χ2n) is 7.86. The minimum Gasteiger partial charge on any atom is -0.393 e. The number of aryl methyl sites for hydroxylation is 1. The number of aromatic nitrogens is 6. The normalized spacial score (nSPS) is 16.5. The van der Waals surface area contributed by atoms with E-state index in [2.05, 4.69) is 33.1 Å². The molecular weight excluding hydrogens is 352 g/mol. The van der Waals surface area contributed by atoms with Gasteiger partial charge in [0.05, 0.1) is 18.0 Å². The Labute approximate surface area is 163 Å². The molecule has 144 valence electrons. The van der Waals surface area contributed by atoms with E-state index in [0.717, 1.165) is 34.7 Å². The van der Waals surface area contributed by atoms with Crippen LogP contribution in [-0.4, -0.2) is 39.9 Å². The highest BCUT2D eigenvalue weighted by molar-refractivity contribution is 5.68. The van der Waals surface area contributed by atoms with Crippen LogP contribution in [0.25, 0.3) is 28.3 Å². The summed E-state index contributed by atoms with van der Waals surface area (Å²) < 4.78 is 6.04. The topological polar surface area (TPSA) is 73.2 Å². The Kier molecular flexibility index (Phi) is 4.05. The molecule has 0 saturated heterocycles. The summed E-state index contributed by atoms with van der Waals surface area (Å²) in [5, 5.41) is 14.2. The molecule has 0 unspecified atom stereocenters. The van der Waals surface area contributed by atoms with Gasteiger partial charge in [0.1, 0.15) is 11.5 Å². The van der Waals surface area contributed by atoms with Gasteiger partial charge in [0, 0.05) is 61.3 Å². The number of imidazole rings is 1. The van der Waals surface area contributed by atoms with Crippen molar-refractivity contribution in [1.82, 2.24) is 28.7 Å². The van der Waals surface area contributed by atoms with Gasteiger partial charge in [-0.25, -0.2) is 9.97 Å². The van der Waals surface area contributed by atoms with Crippen LogP contribution in [0.3, 0.4) is 0 Å². The van der Waals surface area contributed by atoms with Crippen LogP contribution in [-0.2, 0) is 7.05 Å². The first-order valence-electron chi connectivity index (χ1n) is 9.77. The summed E-state index contributed by atoms with van der Waals surface area (Å²) in [6.07, 6.45) is 14.7. The van der Waals surface area contributed by atoms with Gasteiger partial charge in [0.2, 0.25) is 0 Å². The second-order valence-corrected chi connectivity index (χ2v) is 7.86. The van der Waals surface area contributed by atoms with E-state index in [-0.39, 0.29) is 6.10 Å². The summed E-state index contributed by atoms with van der Waals surface area (Å²) in [6.45, 7) is 1.87. The molecule has 2 atom stereocenters. The molecule has 4 aromatic rings. The highest BCUT2D eigenvalue weighted by atomic mass is 16.3. The molecule has 0 aliphatic heterocycles. The van der Waals surface area contributed by atoms with Crippen molar-refractivity contribution in [3.63, 3.8) is 0 Å². The van der Waals surface area contributed by atoms with Gasteiger partial charge in [-0.15, -0.1) is 0 Å². The largest absolute Gasteiger partial charge is 0.393 e. The first kappa shape index (κ1) is 17.2. The van der Waals surface area contributed by atoms with E-state index in [1.807, 2.05) is 43.0 Å². The molecule has 7 heteroatoms. The van der Waals surface area contributed by atoms with Gasteiger partial charge in [-0.1, -0.05) is 0 Å². The Morgan fingerprint density at radius 3 is 2.79 bits per heavy atom. The smallest absolute Gasteiger partial charge is 0.147 e. The van der Waals surface area contributed by atoms with Crippen LogP contribution in [0.4, 0.5) is 0 Å². The Morgan fingerprint density at radius 2 is 2.07 bits per heavy atom. The van der Waals surface area contributed by atoms with Gasteiger partial charge in [-0.2, -0.15) is 5.10 Å². The molecule has 0 amide bonds. The maximum absolute atomic E-state index is 9.92. The number of rotatable bonds is 6. The Bertz CT molecular complexity index is 1120. The molecule has 7 nitrogen and oxygen atoms in total. The molecule has 1 aliphatic carbocycles. The van der Waals surface area contributed by atoms with Crippen LogP contribution < -0.4 is 0 Å². The van der Waals surface area contributed by atoms with Crippen molar-refractivity contribution in [2.45, 2.75) is 38.3 Å². The van der Waals surface area contributed by atoms with Crippen molar-refractivity contribution in [1.29, 1.82) is 0 Å². The van der Waals surface area contributed by atoms with E-state index < -0.39 is 0 Å². The Morgan fingerprint density at radius 1 is 1.21 bits per heavy atom. The van der Waals surface area contributed by atoms with Crippen LogP contribution in [0.5, 0.6) is 0 Å². The zero-order valence-corrected chi connectivity index (χ0v) is 16.1. The van der Waals surface area contributed by atoms with Crippen LogP contribution in [0.1, 0.15) is 32.2 Å². The first-order valence-corrected chi connectivity index (χ1v) is 9.77. The lowest BCUT2D eigenvalue weighted by molar-refractivity contribution is 0.155. The maximum atomic E-state index is 9.92. The molecule has 4 aromatic heterocycles.